The zero-order chi connectivity index (χ0) is 12.6. The van der Waals surface area contributed by atoms with Crippen molar-refractivity contribution in [2.75, 3.05) is 26.2 Å². The monoisotopic (exact) mass is 229 g/mol. The van der Waals surface area contributed by atoms with E-state index in [0.29, 0.717) is 26.1 Å². The van der Waals surface area contributed by atoms with E-state index in [-0.39, 0.29) is 24.3 Å². The van der Waals surface area contributed by atoms with Crippen LogP contribution >= 0.6 is 0 Å². The first-order valence-electron chi connectivity index (χ1n) is 5.82. The molecule has 0 aromatic rings. The molecule has 0 aromatic carbocycles. The van der Waals surface area contributed by atoms with Crippen LogP contribution in [0.25, 0.3) is 0 Å². The van der Waals surface area contributed by atoms with Gasteiger partial charge in [-0.3, -0.25) is 9.59 Å². The van der Waals surface area contributed by atoms with Gasteiger partial charge in [0.25, 0.3) is 0 Å². The normalized spacial score (nSPS) is 12.0. The second-order valence-corrected chi connectivity index (χ2v) is 3.78. The van der Waals surface area contributed by atoms with Crippen LogP contribution in [0.3, 0.4) is 0 Å². The van der Waals surface area contributed by atoms with Crippen molar-refractivity contribution < 1.29 is 9.59 Å². The highest BCUT2D eigenvalue weighted by atomic mass is 16.2. The number of nitrogens with one attached hydrogen (secondary N) is 1. The van der Waals surface area contributed by atoms with Crippen LogP contribution in [-0.4, -0.2) is 42.9 Å². The van der Waals surface area contributed by atoms with Gasteiger partial charge < -0.3 is 16.0 Å². The Kier molecular flexibility index (Phi) is 7.54. The molecule has 1 atom stereocenters. The van der Waals surface area contributed by atoms with E-state index >= 15 is 0 Å². The van der Waals surface area contributed by atoms with Gasteiger partial charge in [-0.15, -0.1) is 0 Å². The molecule has 0 spiro atoms. The molecule has 0 fully saturated rings. The maximum Gasteiger partial charge on any atom is 0.239 e. The molecular weight excluding hydrogens is 206 g/mol. The molecule has 5 nitrogen and oxygen atoms in total. The second-order valence-electron chi connectivity index (χ2n) is 3.78. The average Bonchev–Trinajstić information content (AvgIpc) is 2.25. The van der Waals surface area contributed by atoms with Gasteiger partial charge in [0.15, 0.2) is 0 Å². The Morgan fingerprint density at radius 3 is 2.44 bits per heavy atom. The molecule has 94 valence electrons. The molecule has 0 aromatic heterocycles. The molecule has 1 unspecified atom stereocenters. The summed E-state index contributed by atoms with van der Waals surface area (Å²) in [6.45, 7) is 7.33. The van der Waals surface area contributed by atoms with Crippen LogP contribution in [0.1, 0.15) is 27.2 Å². The van der Waals surface area contributed by atoms with Crippen molar-refractivity contribution in [1.82, 2.24) is 10.2 Å². The van der Waals surface area contributed by atoms with Gasteiger partial charge in [-0.2, -0.15) is 0 Å². The van der Waals surface area contributed by atoms with Crippen molar-refractivity contribution in [3.05, 3.63) is 0 Å². The summed E-state index contributed by atoms with van der Waals surface area (Å²) in [5, 5.41) is 2.68. The number of amides is 2. The number of rotatable bonds is 7. The molecule has 0 bridgehead atoms. The Bertz CT molecular complexity index is 231. The molecular formula is C11H23N3O2. The molecule has 0 radical (unpaired) electrons. The first-order valence-corrected chi connectivity index (χ1v) is 5.82. The fourth-order valence-corrected chi connectivity index (χ4v) is 1.46. The smallest absolute Gasteiger partial charge is 0.239 e. The predicted molar refractivity (Wildman–Crippen MR) is 63.8 cm³/mol. The summed E-state index contributed by atoms with van der Waals surface area (Å²) in [4.78, 5) is 24.8. The highest BCUT2D eigenvalue weighted by molar-refractivity contribution is 5.85. The highest BCUT2D eigenvalue weighted by Crippen LogP contribution is 2.05. The minimum absolute atomic E-state index is 0.000738. The third-order valence-corrected chi connectivity index (χ3v) is 2.42. The number of carbonyl (C=O) groups excluding carboxylic acids is 2. The van der Waals surface area contributed by atoms with Crippen molar-refractivity contribution in [2.45, 2.75) is 27.2 Å². The lowest BCUT2D eigenvalue weighted by atomic mass is 10.1. The number of nitrogens with two attached hydrogens (primary N) is 1. The lowest BCUT2D eigenvalue weighted by molar-refractivity contribution is -0.138. The standard InChI is InChI=1S/C11H23N3O2/c1-4-13-10(15)8-14(5-2)11(16)9(3)6-7-12/h9H,4-8,12H2,1-3H3,(H,13,15). The molecule has 0 heterocycles. The Balaban J connectivity index is 4.26. The number of carbonyl (C=O) groups is 2. The maximum absolute atomic E-state index is 11.9. The van der Waals surface area contributed by atoms with Gasteiger partial charge in [0.2, 0.25) is 11.8 Å². The average molecular weight is 229 g/mol. The molecule has 0 aliphatic carbocycles. The first-order chi connectivity index (χ1) is 7.56. The summed E-state index contributed by atoms with van der Waals surface area (Å²) >= 11 is 0. The fourth-order valence-electron chi connectivity index (χ4n) is 1.46. The Hall–Kier alpha value is -1.10. The second kappa shape index (κ2) is 8.10. The van der Waals surface area contributed by atoms with Crippen LogP contribution in [0.4, 0.5) is 0 Å². The topological polar surface area (TPSA) is 75.4 Å². The van der Waals surface area contributed by atoms with Gasteiger partial charge >= 0.3 is 0 Å². The van der Waals surface area contributed by atoms with Crippen LogP contribution in [0.5, 0.6) is 0 Å². The van der Waals surface area contributed by atoms with Crippen molar-refractivity contribution >= 4 is 11.8 Å². The van der Waals surface area contributed by atoms with Gasteiger partial charge in [-0.25, -0.2) is 0 Å². The number of hydrogen-bond donors (Lipinski definition) is 2. The van der Waals surface area contributed by atoms with Crippen molar-refractivity contribution in [3.63, 3.8) is 0 Å². The van der Waals surface area contributed by atoms with E-state index in [9.17, 15) is 9.59 Å². The van der Waals surface area contributed by atoms with Crippen LogP contribution in [0, 0.1) is 5.92 Å². The third kappa shape index (κ3) is 5.11. The zero-order valence-corrected chi connectivity index (χ0v) is 10.5. The summed E-state index contributed by atoms with van der Waals surface area (Å²) < 4.78 is 0. The van der Waals surface area contributed by atoms with E-state index in [2.05, 4.69) is 5.32 Å². The first kappa shape index (κ1) is 14.9. The summed E-state index contributed by atoms with van der Waals surface area (Å²) in [6, 6.07) is 0. The summed E-state index contributed by atoms with van der Waals surface area (Å²) in [5.74, 6) is -0.226. The van der Waals surface area contributed by atoms with Gasteiger partial charge in [-0.05, 0) is 26.8 Å². The fraction of sp³-hybridized carbons (Fsp3) is 0.818. The minimum atomic E-state index is -0.113. The summed E-state index contributed by atoms with van der Waals surface area (Å²) in [5.41, 5.74) is 5.41. The van der Waals surface area contributed by atoms with Crippen LogP contribution in [-0.2, 0) is 9.59 Å². The van der Waals surface area contributed by atoms with E-state index in [1.807, 2.05) is 20.8 Å². The number of nitrogens with zero attached hydrogens (tertiary/aromatic N) is 1. The van der Waals surface area contributed by atoms with Gasteiger partial charge in [0, 0.05) is 19.0 Å². The van der Waals surface area contributed by atoms with Crippen molar-refractivity contribution in [3.8, 4) is 0 Å². The summed E-state index contributed by atoms with van der Waals surface area (Å²) in [7, 11) is 0. The Labute approximate surface area is 97.4 Å². The maximum atomic E-state index is 11.9. The molecule has 0 aliphatic rings. The quantitative estimate of drug-likeness (QED) is 0.643. The largest absolute Gasteiger partial charge is 0.355 e. The number of likely N-dealkylation sites (N-methyl/N-ethyl adjacent to an activating group) is 2. The van der Waals surface area contributed by atoms with Crippen LogP contribution in [0.15, 0.2) is 0 Å². The zero-order valence-electron chi connectivity index (χ0n) is 10.5. The Morgan fingerprint density at radius 2 is 2.00 bits per heavy atom. The molecule has 0 saturated heterocycles. The Morgan fingerprint density at radius 1 is 1.38 bits per heavy atom. The van der Waals surface area contributed by atoms with E-state index in [1.165, 1.54) is 0 Å². The molecule has 16 heavy (non-hydrogen) atoms. The lowest BCUT2D eigenvalue weighted by Gasteiger charge is -2.23. The number of hydrogen-bond acceptors (Lipinski definition) is 3. The molecule has 2 amide bonds. The van der Waals surface area contributed by atoms with Gasteiger partial charge in [0.05, 0.1) is 6.54 Å². The van der Waals surface area contributed by atoms with Gasteiger partial charge in [-0.1, -0.05) is 6.92 Å². The molecule has 0 rings (SSSR count). The SMILES string of the molecule is CCNC(=O)CN(CC)C(=O)C(C)CCN. The predicted octanol–water partition coefficient (Wildman–Crippen LogP) is -0.0441. The third-order valence-electron chi connectivity index (χ3n) is 2.42. The van der Waals surface area contributed by atoms with E-state index in [0.717, 1.165) is 0 Å². The van der Waals surface area contributed by atoms with Crippen LogP contribution < -0.4 is 11.1 Å². The summed E-state index contributed by atoms with van der Waals surface area (Å²) in [6.07, 6.45) is 0.657. The molecule has 3 N–H and O–H groups in total. The van der Waals surface area contributed by atoms with Gasteiger partial charge in [0.1, 0.15) is 0 Å². The molecule has 0 saturated carbocycles. The van der Waals surface area contributed by atoms with E-state index < -0.39 is 0 Å². The van der Waals surface area contributed by atoms with Crippen molar-refractivity contribution in [1.29, 1.82) is 0 Å². The van der Waals surface area contributed by atoms with Crippen LogP contribution in [0.2, 0.25) is 0 Å². The molecule has 5 heteroatoms. The van der Waals surface area contributed by atoms with E-state index in [1.54, 1.807) is 4.90 Å². The lowest BCUT2D eigenvalue weighted by Crippen LogP contribution is -2.43. The minimum Gasteiger partial charge on any atom is -0.355 e. The molecule has 0 aliphatic heterocycles. The van der Waals surface area contributed by atoms with E-state index in [4.69, 9.17) is 5.73 Å². The highest BCUT2D eigenvalue weighted by Gasteiger charge is 2.20. The van der Waals surface area contributed by atoms with Crippen molar-refractivity contribution in [2.24, 2.45) is 11.7 Å².